The Hall–Kier alpha value is -0.860. The quantitative estimate of drug-likeness (QED) is 0.849. The van der Waals surface area contributed by atoms with Gasteiger partial charge < -0.3 is 10.6 Å². The van der Waals surface area contributed by atoms with Crippen LogP contribution in [0.15, 0.2) is 24.3 Å². The highest BCUT2D eigenvalue weighted by atomic mass is 15.1. The maximum atomic E-state index is 5.94. The second-order valence-corrected chi connectivity index (χ2v) is 6.63. The standard InChI is InChI=1S/C17H28N2/c1-14(2)16-7-5-15(6-8-16)11-19(3)13-17(12-18)9-4-10-17/h5-8,14H,4,9-13,18H2,1-3H3. The fraction of sp³-hybridized carbons (Fsp3) is 0.647. The molecular formula is C17H28N2. The fourth-order valence-electron chi connectivity index (χ4n) is 3.05. The van der Waals surface area contributed by atoms with Crippen LogP contribution in [0.3, 0.4) is 0 Å². The van der Waals surface area contributed by atoms with Gasteiger partial charge in [-0.05, 0) is 48.9 Å². The number of nitrogens with two attached hydrogens (primary N) is 1. The van der Waals surface area contributed by atoms with Crippen molar-refractivity contribution in [2.45, 2.75) is 45.6 Å². The molecule has 1 aromatic rings. The van der Waals surface area contributed by atoms with Gasteiger partial charge in [0.2, 0.25) is 0 Å². The SMILES string of the molecule is CC(C)c1ccc(CN(C)CC2(CN)CCC2)cc1. The molecule has 0 aromatic heterocycles. The summed E-state index contributed by atoms with van der Waals surface area (Å²) in [4.78, 5) is 2.43. The molecule has 2 rings (SSSR count). The number of nitrogens with zero attached hydrogens (tertiary/aromatic N) is 1. The van der Waals surface area contributed by atoms with Crippen LogP contribution in [0, 0.1) is 5.41 Å². The van der Waals surface area contributed by atoms with E-state index in [0.717, 1.165) is 19.6 Å². The van der Waals surface area contributed by atoms with E-state index in [0.29, 0.717) is 11.3 Å². The van der Waals surface area contributed by atoms with Crippen molar-refractivity contribution in [3.05, 3.63) is 35.4 Å². The highest BCUT2D eigenvalue weighted by molar-refractivity contribution is 5.24. The number of hydrogen-bond acceptors (Lipinski definition) is 2. The molecule has 0 saturated heterocycles. The van der Waals surface area contributed by atoms with Crippen LogP contribution in [-0.2, 0) is 6.54 Å². The van der Waals surface area contributed by atoms with E-state index in [-0.39, 0.29) is 0 Å². The zero-order valence-electron chi connectivity index (χ0n) is 12.7. The van der Waals surface area contributed by atoms with Crippen LogP contribution < -0.4 is 5.73 Å². The van der Waals surface area contributed by atoms with Gasteiger partial charge in [0, 0.05) is 13.1 Å². The third-order valence-electron chi connectivity index (χ3n) is 4.55. The van der Waals surface area contributed by atoms with Crippen molar-refractivity contribution in [2.75, 3.05) is 20.1 Å². The Morgan fingerprint density at radius 1 is 1.21 bits per heavy atom. The summed E-state index contributed by atoms with van der Waals surface area (Å²) in [6.07, 6.45) is 3.97. The molecule has 19 heavy (non-hydrogen) atoms. The zero-order valence-corrected chi connectivity index (χ0v) is 12.7. The Morgan fingerprint density at radius 2 is 1.84 bits per heavy atom. The van der Waals surface area contributed by atoms with Gasteiger partial charge in [-0.1, -0.05) is 44.5 Å². The lowest BCUT2D eigenvalue weighted by molar-refractivity contribution is 0.0845. The first-order chi connectivity index (χ1) is 9.04. The maximum absolute atomic E-state index is 5.94. The molecule has 0 aliphatic heterocycles. The van der Waals surface area contributed by atoms with Crippen LogP contribution in [0.25, 0.3) is 0 Å². The van der Waals surface area contributed by atoms with Gasteiger partial charge in [0.1, 0.15) is 0 Å². The average molecular weight is 260 g/mol. The van der Waals surface area contributed by atoms with Crippen molar-refractivity contribution in [1.82, 2.24) is 4.90 Å². The van der Waals surface area contributed by atoms with Gasteiger partial charge in [-0.15, -0.1) is 0 Å². The van der Waals surface area contributed by atoms with Gasteiger partial charge >= 0.3 is 0 Å². The van der Waals surface area contributed by atoms with Gasteiger partial charge in [-0.2, -0.15) is 0 Å². The molecule has 2 N–H and O–H groups in total. The molecule has 0 heterocycles. The van der Waals surface area contributed by atoms with Crippen molar-refractivity contribution in [3.8, 4) is 0 Å². The summed E-state index contributed by atoms with van der Waals surface area (Å²) >= 11 is 0. The molecule has 1 fully saturated rings. The predicted octanol–water partition coefficient (Wildman–Crippen LogP) is 3.37. The molecule has 0 bridgehead atoms. The van der Waals surface area contributed by atoms with E-state index < -0.39 is 0 Å². The number of benzene rings is 1. The van der Waals surface area contributed by atoms with E-state index in [1.165, 1.54) is 30.4 Å². The number of rotatable bonds is 6. The van der Waals surface area contributed by atoms with E-state index >= 15 is 0 Å². The van der Waals surface area contributed by atoms with E-state index in [1.807, 2.05) is 0 Å². The number of hydrogen-bond donors (Lipinski definition) is 1. The summed E-state index contributed by atoms with van der Waals surface area (Å²) in [5.41, 5.74) is 9.17. The summed E-state index contributed by atoms with van der Waals surface area (Å²) in [7, 11) is 2.21. The van der Waals surface area contributed by atoms with Crippen molar-refractivity contribution >= 4 is 0 Å². The maximum Gasteiger partial charge on any atom is 0.0230 e. The minimum Gasteiger partial charge on any atom is -0.330 e. The predicted molar refractivity (Wildman–Crippen MR) is 82.2 cm³/mol. The normalized spacial score (nSPS) is 17.8. The van der Waals surface area contributed by atoms with Gasteiger partial charge in [-0.25, -0.2) is 0 Å². The lowest BCUT2D eigenvalue weighted by Crippen LogP contribution is -2.45. The van der Waals surface area contributed by atoms with Gasteiger partial charge in [0.25, 0.3) is 0 Å². The average Bonchev–Trinajstić information content (AvgIpc) is 2.34. The summed E-state index contributed by atoms with van der Waals surface area (Å²) in [5, 5.41) is 0. The molecule has 1 saturated carbocycles. The third kappa shape index (κ3) is 3.58. The first-order valence-corrected chi connectivity index (χ1v) is 7.52. The Bertz CT molecular complexity index is 385. The minimum atomic E-state index is 0.409. The molecule has 0 amide bonds. The minimum absolute atomic E-state index is 0.409. The van der Waals surface area contributed by atoms with Crippen molar-refractivity contribution in [3.63, 3.8) is 0 Å². The second-order valence-electron chi connectivity index (χ2n) is 6.63. The molecule has 0 unspecified atom stereocenters. The molecule has 1 aliphatic carbocycles. The summed E-state index contributed by atoms with van der Waals surface area (Å²) in [6, 6.07) is 9.05. The molecule has 0 spiro atoms. The molecule has 0 atom stereocenters. The molecule has 2 heteroatoms. The van der Waals surface area contributed by atoms with Gasteiger partial charge in [0.05, 0.1) is 0 Å². The smallest absolute Gasteiger partial charge is 0.0230 e. The highest BCUT2D eigenvalue weighted by Crippen LogP contribution is 2.40. The van der Waals surface area contributed by atoms with E-state index in [2.05, 4.69) is 50.1 Å². The van der Waals surface area contributed by atoms with Gasteiger partial charge in [-0.3, -0.25) is 0 Å². The first kappa shape index (κ1) is 14.5. The molecular weight excluding hydrogens is 232 g/mol. The van der Waals surface area contributed by atoms with E-state index in [4.69, 9.17) is 5.73 Å². The largest absolute Gasteiger partial charge is 0.330 e. The second kappa shape index (κ2) is 6.06. The fourth-order valence-corrected chi connectivity index (χ4v) is 3.05. The monoisotopic (exact) mass is 260 g/mol. The molecule has 106 valence electrons. The van der Waals surface area contributed by atoms with E-state index in [1.54, 1.807) is 0 Å². The first-order valence-electron chi connectivity index (χ1n) is 7.52. The van der Waals surface area contributed by atoms with Crippen LogP contribution >= 0.6 is 0 Å². The van der Waals surface area contributed by atoms with Crippen LogP contribution in [0.4, 0.5) is 0 Å². The Kier molecular flexibility index (Phi) is 4.64. The Labute approximate surface area is 118 Å². The lowest BCUT2D eigenvalue weighted by Gasteiger charge is -2.43. The topological polar surface area (TPSA) is 29.3 Å². The zero-order chi connectivity index (χ0) is 13.9. The molecule has 2 nitrogen and oxygen atoms in total. The van der Waals surface area contributed by atoms with Crippen LogP contribution in [-0.4, -0.2) is 25.0 Å². The summed E-state index contributed by atoms with van der Waals surface area (Å²) < 4.78 is 0. The van der Waals surface area contributed by atoms with Crippen molar-refractivity contribution in [1.29, 1.82) is 0 Å². The van der Waals surface area contributed by atoms with Gasteiger partial charge in [0.15, 0.2) is 0 Å². The summed E-state index contributed by atoms with van der Waals surface area (Å²) in [5.74, 6) is 0.613. The third-order valence-corrected chi connectivity index (χ3v) is 4.55. The molecule has 1 aromatic carbocycles. The molecule has 1 aliphatic rings. The van der Waals surface area contributed by atoms with E-state index in [9.17, 15) is 0 Å². The van der Waals surface area contributed by atoms with Crippen LogP contribution in [0.5, 0.6) is 0 Å². The Morgan fingerprint density at radius 3 is 2.26 bits per heavy atom. The lowest BCUT2D eigenvalue weighted by atomic mass is 9.68. The highest BCUT2D eigenvalue weighted by Gasteiger charge is 2.36. The van der Waals surface area contributed by atoms with Crippen molar-refractivity contribution < 1.29 is 0 Å². The van der Waals surface area contributed by atoms with Crippen molar-refractivity contribution in [2.24, 2.45) is 11.1 Å². The molecule has 0 radical (unpaired) electrons. The van der Waals surface area contributed by atoms with Crippen LogP contribution in [0.2, 0.25) is 0 Å². The summed E-state index contributed by atoms with van der Waals surface area (Å²) in [6.45, 7) is 7.48. The van der Waals surface area contributed by atoms with Crippen LogP contribution in [0.1, 0.15) is 50.2 Å². The Balaban J connectivity index is 1.89.